The van der Waals surface area contributed by atoms with Crippen molar-refractivity contribution in [2.45, 2.75) is 31.6 Å². The van der Waals surface area contributed by atoms with Crippen LogP contribution < -0.4 is 16.4 Å². The van der Waals surface area contributed by atoms with Crippen LogP contribution in [0.2, 0.25) is 0 Å². The van der Waals surface area contributed by atoms with Gasteiger partial charge in [0.15, 0.2) is 0 Å². The highest BCUT2D eigenvalue weighted by Crippen LogP contribution is 2.13. The van der Waals surface area contributed by atoms with Crippen LogP contribution in [-0.2, 0) is 22.6 Å². The molecule has 3 aromatic rings. The molecular weight excluding hydrogens is 496 g/mol. The molecule has 0 saturated heterocycles. The lowest BCUT2D eigenvalue weighted by atomic mass is 10.0. The highest BCUT2D eigenvalue weighted by atomic mass is 19.4. The first kappa shape index (κ1) is 28.9. The van der Waals surface area contributed by atoms with E-state index in [-0.39, 0.29) is 37.0 Å². The van der Waals surface area contributed by atoms with Crippen molar-refractivity contribution in [1.82, 2.24) is 10.3 Å². The number of hydrogen-bond donors (Lipinski definition) is 4. The number of alkyl halides is 3. The second kappa shape index (κ2) is 13.7. The van der Waals surface area contributed by atoms with Crippen LogP contribution in [-0.4, -0.2) is 40.1 Å². The van der Waals surface area contributed by atoms with Crippen LogP contribution in [0, 0.1) is 5.82 Å². The normalized spacial score (nSPS) is 11.5. The number of nitrogens with two attached hydrogens (primary N) is 1. The van der Waals surface area contributed by atoms with Crippen molar-refractivity contribution in [3.63, 3.8) is 0 Å². The summed E-state index contributed by atoms with van der Waals surface area (Å²) in [7, 11) is 0. The Morgan fingerprint density at radius 3 is 2.30 bits per heavy atom. The standard InChI is InChI=1S/C23H23FN4O2.C2HF3O2/c24-20-9-2-1-7-17(20)13-19(25)14-22(29)27-15-16-6-5-8-18(12-16)23(30)28-21-10-3-4-11-26-21;3-2(4,5)1(6)7/h1-12,19H,13-15,25H2,(H,27,29)(H,26,28,30);(H,6,7)/t19-;/m1./s1. The molecule has 1 atom stereocenters. The Morgan fingerprint density at radius 1 is 1.00 bits per heavy atom. The van der Waals surface area contributed by atoms with Crippen molar-refractivity contribution >= 4 is 23.6 Å². The van der Waals surface area contributed by atoms with Crippen molar-refractivity contribution in [3.05, 3.63) is 95.4 Å². The predicted octanol–water partition coefficient (Wildman–Crippen LogP) is 3.68. The smallest absolute Gasteiger partial charge is 0.475 e. The van der Waals surface area contributed by atoms with Crippen LogP contribution in [0.4, 0.5) is 23.4 Å². The molecule has 0 aliphatic heterocycles. The third kappa shape index (κ3) is 10.4. The first-order valence-corrected chi connectivity index (χ1v) is 10.8. The van der Waals surface area contributed by atoms with E-state index in [9.17, 15) is 27.2 Å². The minimum absolute atomic E-state index is 0.0776. The monoisotopic (exact) mass is 520 g/mol. The molecule has 2 aromatic carbocycles. The zero-order valence-electron chi connectivity index (χ0n) is 19.3. The number of nitrogens with one attached hydrogen (secondary N) is 2. The first-order chi connectivity index (χ1) is 17.5. The Morgan fingerprint density at radius 2 is 1.68 bits per heavy atom. The average molecular weight is 520 g/mol. The van der Waals surface area contributed by atoms with Crippen LogP contribution in [0.25, 0.3) is 0 Å². The molecule has 0 aliphatic carbocycles. The van der Waals surface area contributed by atoms with Gasteiger partial charge in [0.25, 0.3) is 5.91 Å². The summed E-state index contributed by atoms with van der Waals surface area (Å²) in [5.74, 6) is -3.14. The van der Waals surface area contributed by atoms with Gasteiger partial charge in [-0.25, -0.2) is 14.2 Å². The fraction of sp³-hybridized carbons (Fsp3) is 0.200. The second-order valence-corrected chi connectivity index (χ2v) is 7.71. The van der Waals surface area contributed by atoms with Gasteiger partial charge in [-0.2, -0.15) is 13.2 Å². The molecule has 0 unspecified atom stereocenters. The van der Waals surface area contributed by atoms with Crippen molar-refractivity contribution in [1.29, 1.82) is 0 Å². The van der Waals surface area contributed by atoms with Gasteiger partial charge in [0.1, 0.15) is 11.6 Å². The number of carboxylic acid groups (broad SMARTS) is 1. The third-order valence-corrected chi connectivity index (χ3v) is 4.72. The van der Waals surface area contributed by atoms with Gasteiger partial charge in [-0.1, -0.05) is 36.4 Å². The van der Waals surface area contributed by atoms with Gasteiger partial charge in [-0.15, -0.1) is 0 Å². The Balaban J connectivity index is 0.000000604. The lowest BCUT2D eigenvalue weighted by molar-refractivity contribution is -0.192. The van der Waals surface area contributed by atoms with Gasteiger partial charge in [0.2, 0.25) is 5.91 Å². The van der Waals surface area contributed by atoms with Crippen LogP contribution >= 0.6 is 0 Å². The molecule has 1 heterocycles. The number of nitrogens with zero attached hydrogens (tertiary/aromatic N) is 1. The summed E-state index contributed by atoms with van der Waals surface area (Å²) >= 11 is 0. The van der Waals surface area contributed by atoms with Crippen LogP contribution in [0.15, 0.2) is 72.9 Å². The highest BCUT2D eigenvalue weighted by Gasteiger charge is 2.38. The summed E-state index contributed by atoms with van der Waals surface area (Å²) in [5.41, 5.74) is 7.72. The predicted molar refractivity (Wildman–Crippen MR) is 127 cm³/mol. The molecule has 0 radical (unpaired) electrons. The highest BCUT2D eigenvalue weighted by molar-refractivity contribution is 6.03. The summed E-state index contributed by atoms with van der Waals surface area (Å²) in [4.78, 5) is 37.5. The van der Waals surface area contributed by atoms with Gasteiger partial charge < -0.3 is 21.5 Å². The van der Waals surface area contributed by atoms with Crippen LogP contribution in [0.3, 0.4) is 0 Å². The van der Waals surface area contributed by atoms with Gasteiger partial charge in [-0.3, -0.25) is 9.59 Å². The van der Waals surface area contributed by atoms with E-state index in [1.165, 1.54) is 6.07 Å². The molecule has 2 amide bonds. The molecule has 0 saturated carbocycles. The number of hydrogen-bond acceptors (Lipinski definition) is 5. The molecule has 5 N–H and O–H groups in total. The lowest BCUT2D eigenvalue weighted by Gasteiger charge is -2.13. The zero-order valence-corrected chi connectivity index (χ0v) is 19.3. The summed E-state index contributed by atoms with van der Waals surface area (Å²) in [5, 5.41) is 12.6. The quantitative estimate of drug-likeness (QED) is 0.335. The number of rotatable bonds is 8. The van der Waals surface area contributed by atoms with Crippen molar-refractivity contribution in [2.75, 3.05) is 5.32 Å². The number of amides is 2. The Bertz CT molecular complexity index is 1210. The largest absolute Gasteiger partial charge is 0.490 e. The van der Waals surface area contributed by atoms with Crippen LogP contribution in [0.5, 0.6) is 0 Å². The summed E-state index contributed by atoms with van der Waals surface area (Å²) in [6.45, 7) is 0.260. The summed E-state index contributed by atoms with van der Waals surface area (Å²) in [6, 6.07) is 18.1. The number of anilines is 1. The van der Waals surface area contributed by atoms with Gasteiger partial charge >= 0.3 is 12.1 Å². The van der Waals surface area contributed by atoms with E-state index in [0.29, 0.717) is 16.9 Å². The number of aromatic nitrogens is 1. The SMILES string of the molecule is N[C@@H](CC(=O)NCc1cccc(C(=O)Nc2ccccn2)c1)Cc1ccccc1F.O=C(O)C(F)(F)F. The maximum Gasteiger partial charge on any atom is 0.490 e. The van der Waals surface area contributed by atoms with E-state index in [4.69, 9.17) is 15.6 Å². The molecule has 3 rings (SSSR count). The first-order valence-electron chi connectivity index (χ1n) is 10.8. The van der Waals surface area contributed by atoms with E-state index in [1.807, 2.05) is 6.07 Å². The van der Waals surface area contributed by atoms with Crippen molar-refractivity contribution < 1.29 is 37.1 Å². The fourth-order valence-corrected chi connectivity index (χ4v) is 2.98. The van der Waals surface area contributed by atoms with E-state index in [2.05, 4.69) is 15.6 Å². The Labute approximate surface area is 209 Å². The number of pyridine rings is 1. The maximum absolute atomic E-state index is 13.7. The topological polar surface area (TPSA) is 134 Å². The molecule has 1 aromatic heterocycles. The third-order valence-electron chi connectivity index (χ3n) is 4.72. The van der Waals surface area contributed by atoms with E-state index < -0.39 is 18.2 Å². The van der Waals surface area contributed by atoms with Crippen molar-refractivity contribution in [2.24, 2.45) is 5.73 Å². The van der Waals surface area contributed by atoms with Gasteiger partial charge in [-0.05, 0) is 47.9 Å². The minimum atomic E-state index is -5.08. The molecule has 37 heavy (non-hydrogen) atoms. The number of aliphatic carboxylic acids is 1. The Hall–Kier alpha value is -4.32. The zero-order chi connectivity index (χ0) is 27.4. The number of halogens is 4. The maximum atomic E-state index is 13.7. The average Bonchev–Trinajstić information content (AvgIpc) is 2.85. The molecule has 0 spiro atoms. The van der Waals surface area contributed by atoms with E-state index >= 15 is 0 Å². The molecule has 0 bridgehead atoms. The molecule has 0 aliphatic rings. The second-order valence-electron chi connectivity index (χ2n) is 7.71. The van der Waals surface area contributed by atoms with Gasteiger partial charge in [0, 0.05) is 30.8 Å². The number of carboxylic acids is 1. The number of carbonyl (C=O) groups is 3. The summed E-state index contributed by atoms with van der Waals surface area (Å²) in [6.07, 6.45) is -3.13. The van der Waals surface area contributed by atoms with E-state index in [1.54, 1.807) is 60.8 Å². The minimum Gasteiger partial charge on any atom is -0.475 e. The molecule has 12 heteroatoms. The lowest BCUT2D eigenvalue weighted by Crippen LogP contribution is -2.33. The number of benzene rings is 2. The molecule has 0 fully saturated rings. The molecule has 8 nitrogen and oxygen atoms in total. The van der Waals surface area contributed by atoms with Crippen molar-refractivity contribution in [3.8, 4) is 0 Å². The van der Waals surface area contributed by atoms with E-state index in [0.717, 1.165) is 5.56 Å². The molecular formula is C25H24F4N4O4. The number of carbonyl (C=O) groups excluding carboxylic acids is 2. The fourth-order valence-electron chi connectivity index (χ4n) is 2.98. The van der Waals surface area contributed by atoms with Gasteiger partial charge in [0.05, 0.1) is 0 Å². The Kier molecular flexibility index (Phi) is 10.7. The van der Waals surface area contributed by atoms with Crippen LogP contribution in [0.1, 0.15) is 27.9 Å². The molecule has 196 valence electrons. The summed E-state index contributed by atoms with van der Waals surface area (Å²) < 4.78 is 45.4.